The van der Waals surface area contributed by atoms with Gasteiger partial charge in [0.05, 0.1) is 10.7 Å². The molecule has 0 bridgehead atoms. The minimum absolute atomic E-state index is 0.678. The molecule has 0 radical (unpaired) electrons. The summed E-state index contributed by atoms with van der Waals surface area (Å²) in [5, 5.41) is 10.9. The zero-order valence-corrected chi connectivity index (χ0v) is 9.06. The van der Waals surface area contributed by atoms with Crippen molar-refractivity contribution < 1.29 is 5.11 Å². The first kappa shape index (κ1) is 10.5. The maximum Gasteiger partial charge on any atom is 0.103 e. The Hall–Kier alpha value is -0.540. The summed E-state index contributed by atoms with van der Waals surface area (Å²) in [6.07, 6.45) is 2.66. The Labute approximate surface area is 83.4 Å². The van der Waals surface area contributed by atoms with Gasteiger partial charge in [0.1, 0.15) is 5.60 Å². The molecule has 72 valence electrons. The number of aromatic nitrogens is 1. The predicted octanol–water partition coefficient (Wildman–Crippen LogP) is 2.42. The van der Waals surface area contributed by atoms with Crippen LogP contribution in [0, 0.1) is 0 Å². The molecule has 2 nitrogen and oxygen atoms in total. The molecule has 0 saturated carbocycles. The summed E-state index contributed by atoms with van der Waals surface area (Å²) >= 11 is 1.59. The predicted molar refractivity (Wildman–Crippen MR) is 55.9 cm³/mol. The van der Waals surface area contributed by atoms with E-state index in [4.69, 9.17) is 0 Å². The summed E-state index contributed by atoms with van der Waals surface area (Å²) in [6, 6.07) is 5.74. The lowest BCUT2D eigenvalue weighted by atomic mass is 9.99. The third kappa shape index (κ3) is 2.45. The SMILES string of the molecule is CCC(C)(O)c1cccc(SC)n1. The smallest absolute Gasteiger partial charge is 0.103 e. The summed E-state index contributed by atoms with van der Waals surface area (Å²) in [6.45, 7) is 3.74. The maximum atomic E-state index is 9.94. The monoisotopic (exact) mass is 197 g/mol. The largest absolute Gasteiger partial charge is 0.384 e. The second-order valence-electron chi connectivity index (χ2n) is 3.19. The summed E-state index contributed by atoms with van der Waals surface area (Å²) in [7, 11) is 0. The summed E-state index contributed by atoms with van der Waals surface area (Å²) in [5.41, 5.74) is -0.0481. The van der Waals surface area contributed by atoms with E-state index >= 15 is 0 Å². The molecule has 0 aliphatic rings. The fourth-order valence-electron chi connectivity index (χ4n) is 1.01. The number of hydrogen-bond donors (Lipinski definition) is 1. The Kier molecular flexibility index (Phi) is 3.33. The van der Waals surface area contributed by atoms with Gasteiger partial charge in [-0.3, -0.25) is 0 Å². The van der Waals surface area contributed by atoms with Gasteiger partial charge in [0.15, 0.2) is 0 Å². The zero-order valence-electron chi connectivity index (χ0n) is 8.24. The highest BCUT2D eigenvalue weighted by Crippen LogP contribution is 2.23. The van der Waals surface area contributed by atoms with Crippen LogP contribution in [0.5, 0.6) is 0 Å². The topological polar surface area (TPSA) is 33.1 Å². The van der Waals surface area contributed by atoms with Gasteiger partial charge in [0.2, 0.25) is 0 Å². The molecule has 0 aliphatic heterocycles. The van der Waals surface area contributed by atoms with E-state index in [1.165, 1.54) is 0 Å². The lowest BCUT2D eigenvalue weighted by Gasteiger charge is -2.20. The summed E-state index contributed by atoms with van der Waals surface area (Å²) in [4.78, 5) is 4.35. The molecule has 1 atom stereocenters. The second-order valence-corrected chi connectivity index (χ2v) is 4.02. The Morgan fingerprint density at radius 2 is 2.23 bits per heavy atom. The van der Waals surface area contributed by atoms with E-state index in [1.54, 1.807) is 18.7 Å². The molecular formula is C10H15NOS. The first-order valence-electron chi connectivity index (χ1n) is 4.34. The fourth-order valence-corrected chi connectivity index (χ4v) is 1.41. The van der Waals surface area contributed by atoms with E-state index in [2.05, 4.69) is 4.98 Å². The van der Waals surface area contributed by atoms with Crippen molar-refractivity contribution in [1.29, 1.82) is 0 Å². The van der Waals surface area contributed by atoms with Gasteiger partial charge < -0.3 is 5.11 Å². The van der Waals surface area contributed by atoms with Crippen molar-refractivity contribution in [3.8, 4) is 0 Å². The van der Waals surface area contributed by atoms with E-state index in [9.17, 15) is 5.11 Å². The highest BCUT2D eigenvalue weighted by atomic mass is 32.2. The van der Waals surface area contributed by atoms with Crippen LogP contribution < -0.4 is 0 Å². The Morgan fingerprint density at radius 1 is 1.54 bits per heavy atom. The average Bonchev–Trinajstić information content (AvgIpc) is 2.18. The van der Waals surface area contributed by atoms with Crippen LogP contribution in [-0.4, -0.2) is 16.3 Å². The molecule has 0 aromatic carbocycles. The van der Waals surface area contributed by atoms with Crippen LogP contribution >= 0.6 is 11.8 Å². The van der Waals surface area contributed by atoms with E-state index in [0.29, 0.717) is 6.42 Å². The number of rotatable bonds is 3. The van der Waals surface area contributed by atoms with Crippen LogP contribution in [0.25, 0.3) is 0 Å². The number of hydrogen-bond acceptors (Lipinski definition) is 3. The highest BCUT2D eigenvalue weighted by Gasteiger charge is 2.21. The van der Waals surface area contributed by atoms with Crippen LogP contribution in [-0.2, 0) is 5.60 Å². The van der Waals surface area contributed by atoms with Gasteiger partial charge >= 0.3 is 0 Å². The molecule has 0 spiro atoms. The molecule has 1 rings (SSSR count). The minimum atomic E-state index is -0.800. The Balaban J connectivity index is 3.01. The van der Waals surface area contributed by atoms with Crippen LogP contribution in [0.15, 0.2) is 23.2 Å². The lowest BCUT2D eigenvalue weighted by molar-refractivity contribution is 0.0480. The minimum Gasteiger partial charge on any atom is -0.384 e. The van der Waals surface area contributed by atoms with Crippen LogP contribution in [0.2, 0.25) is 0 Å². The van der Waals surface area contributed by atoms with Crippen LogP contribution in [0.1, 0.15) is 26.0 Å². The second kappa shape index (κ2) is 4.11. The number of nitrogens with zero attached hydrogens (tertiary/aromatic N) is 1. The molecule has 1 N–H and O–H groups in total. The molecule has 1 aromatic heterocycles. The Morgan fingerprint density at radius 3 is 2.77 bits per heavy atom. The maximum absolute atomic E-state index is 9.94. The quantitative estimate of drug-likeness (QED) is 0.755. The van der Waals surface area contributed by atoms with E-state index < -0.39 is 5.60 Å². The standard InChI is InChI=1S/C10H15NOS/c1-4-10(2,12)8-6-5-7-9(11-8)13-3/h5-7,12H,4H2,1-3H3. The molecule has 3 heteroatoms. The van der Waals surface area contributed by atoms with Gasteiger partial charge in [-0.1, -0.05) is 13.0 Å². The molecule has 0 amide bonds. The van der Waals surface area contributed by atoms with Gasteiger partial charge in [-0.05, 0) is 31.7 Å². The summed E-state index contributed by atoms with van der Waals surface area (Å²) < 4.78 is 0. The fraction of sp³-hybridized carbons (Fsp3) is 0.500. The number of pyridine rings is 1. The van der Waals surface area contributed by atoms with Gasteiger partial charge in [0.25, 0.3) is 0 Å². The normalized spacial score (nSPS) is 15.4. The average molecular weight is 197 g/mol. The molecule has 1 heterocycles. The van der Waals surface area contributed by atoms with Gasteiger partial charge in [-0.25, -0.2) is 4.98 Å². The molecule has 0 aliphatic carbocycles. The first-order chi connectivity index (χ1) is 6.10. The zero-order chi connectivity index (χ0) is 9.90. The Bertz CT molecular complexity index is 286. The molecule has 1 aromatic rings. The molecule has 1 unspecified atom stereocenters. The first-order valence-corrected chi connectivity index (χ1v) is 5.56. The molecule has 0 saturated heterocycles. The van der Waals surface area contributed by atoms with Gasteiger partial charge in [0, 0.05) is 0 Å². The van der Waals surface area contributed by atoms with Crippen molar-refractivity contribution in [3.05, 3.63) is 23.9 Å². The third-order valence-electron chi connectivity index (χ3n) is 2.17. The molecular weight excluding hydrogens is 182 g/mol. The number of thioether (sulfide) groups is 1. The van der Waals surface area contributed by atoms with Crippen molar-refractivity contribution in [3.63, 3.8) is 0 Å². The van der Waals surface area contributed by atoms with Crippen molar-refractivity contribution in [2.24, 2.45) is 0 Å². The molecule has 0 fully saturated rings. The summed E-state index contributed by atoms with van der Waals surface area (Å²) in [5.74, 6) is 0. The molecule has 13 heavy (non-hydrogen) atoms. The highest BCUT2D eigenvalue weighted by molar-refractivity contribution is 7.98. The third-order valence-corrected chi connectivity index (χ3v) is 2.82. The van der Waals surface area contributed by atoms with Gasteiger partial charge in [-0.2, -0.15) is 0 Å². The van der Waals surface area contributed by atoms with Crippen LogP contribution in [0.3, 0.4) is 0 Å². The van der Waals surface area contributed by atoms with E-state index in [-0.39, 0.29) is 0 Å². The van der Waals surface area contributed by atoms with Crippen molar-refractivity contribution in [2.75, 3.05) is 6.26 Å². The van der Waals surface area contributed by atoms with Crippen molar-refractivity contribution in [1.82, 2.24) is 4.98 Å². The van der Waals surface area contributed by atoms with Gasteiger partial charge in [-0.15, -0.1) is 11.8 Å². The van der Waals surface area contributed by atoms with Crippen LogP contribution in [0.4, 0.5) is 0 Å². The number of aliphatic hydroxyl groups is 1. The lowest BCUT2D eigenvalue weighted by Crippen LogP contribution is -2.21. The van der Waals surface area contributed by atoms with Crippen molar-refractivity contribution >= 4 is 11.8 Å². The van der Waals surface area contributed by atoms with Crippen molar-refractivity contribution in [2.45, 2.75) is 30.9 Å². The van der Waals surface area contributed by atoms with E-state index in [0.717, 1.165) is 10.7 Å². The van der Waals surface area contributed by atoms with E-state index in [1.807, 2.05) is 31.4 Å².